The number of hydrogen-bond donors (Lipinski definition) is 1. The van der Waals surface area contributed by atoms with Crippen LogP contribution < -0.4 is 9.29 Å². The summed E-state index contributed by atoms with van der Waals surface area (Å²) >= 11 is 5.89. The predicted molar refractivity (Wildman–Crippen MR) is 136 cm³/mol. The van der Waals surface area contributed by atoms with Gasteiger partial charge in [-0.15, -0.1) is 0 Å². The molecule has 0 unspecified atom stereocenters. The van der Waals surface area contributed by atoms with Crippen molar-refractivity contribution in [2.75, 3.05) is 0 Å². The number of carbonyl (C=O) groups excluding carboxylic acids is 2. The number of carbonyl (C=O) groups is 2. The number of nitrogens with one attached hydrogen (secondary N) is 1. The lowest BCUT2D eigenvalue weighted by molar-refractivity contribution is -0.577. The molecule has 1 aliphatic rings. The number of hydrogen-bond acceptors (Lipinski definition) is 4. The van der Waals surface area contributed by atoms with E-state index in [2.05, 4.69) is 4.72 Å². The number of rotatable bonds is 6. The van der Waals surface area contributed by atoms with Crippen molar-refractivity contribution >= 4 is 38.9 Å². The molecule has 178 valence electrons. The van der Waals surface area contributed by atoms with Gasteiger partial charge in [0.05, 0.1) is 4.90 Å². The summed E-state index contributed by atoms with van der Waals surface area (Å²) in [6.07, 6.45) is 4.00. The van der Waals surface area contributed by atoms with E-state index >= 15 is 0 Å². The number of nitrogens with zero attached hydrogens (tertiary/aromatic N) is 1. The van der Waals surface area contributed by atoms with E-state index in [1.54, 1.807) is 30.6 Å². The first-order valence-electron chi connectivity index (χ1n) is 11.1. The number of pyridine rings is 1. The van der Waals surface area contributed by atoms with Crippen molar-refractivity contribution in [2.45, 2.75) is 11.3 Å². The van der Waals surface area contributed by atoms with Crippen LogP contribution in [-0.2, 0) is 16.4 Å². The summed E-state index contributed by atoms with van der Waals surface area (Å²) in [4.78, 5) is 26.9. The second-order valence-electron chi connectivity index (χ2n) is 8.26. The fourth-order valence-corrected chi connectivity index (χ4v) is 5.26. The summed E-state index contributed by atoms with van der Waals surface area (Å²) in [6, 6.07) is 25.5. The van der Waals surface area contributed by atoms with Gasteiger partial charge >= 0.3 is 0 Å². The van der Waals surface area contributed by atoms with Crippen LogP contribution >= 0.6 is 11.6 Å². The number of allylic oxidation sites excluding steroid dienone is 2. The van der Waals surface area contributed by atoms with E-state index in [9.17, 15) is 18.0 Å². The third kappa shape index (κ3) is 4.58. The Morgan fingerprint density at radius 1 is 0.694 bits per heavy atom. The first-order valence-corrected chi connectivity index (χ1v) is 13.0. The summed E-state index contributed by atoms with van der Waals surface area (Å²) in [5, 5.41) is 0.373. The minimum Gasteiger partial charge on any atom is -0.287 e. The van der Waals surface area contributed by atoms with Gasteiger partial charge in [-0.3, -0.25) is 14.3 Å². The van der Waals surface area contributed by atoms with E-state index in [0.29, 0.717) is 11.4 Å². The molecule has 3 aromatic carbocycles. The van der Waals surface area contributed by atoms with Crippen LogP contribution in [0.15, 0.2) is 114 Å². The van der Waals surface area contributed by atoms with Gasteiger partial charge in [0.1, 0.15) is 0 Å². The zero-order chi connectivity index (χ0) is 25.3. The number of sulfonamides is 1. The summed E-state index contributed by atoms with van der Waals surface area (Å²) in [5.74, 6) is -1.04. The molecule has 0 bridgehead atoms. The zero-order valence-corrected chi connectivity index (χ0v) is 20.5. The van der Waals surface area contributed by atoms with Crippen LogP contribution in [-0.4, -0.2) is 20.0 Å². The quantitative estimate of drug-likeness (QED) is 0.385. The van der Waals surface area contributed by atoms with Crippen molar-refractivity contribution in [3.8, 4) is 0 Å². The van der Waals surface area contributed by atoms with Crippen LogP contribution in [0.3, 0.4) is 0 Å². The summed E-state index contributed by atoms with van der Waals surface area (Å²) in [7, 11) is -4.18. The lowest BCUT2D eigenvalue weighted by Crippen LogP contribution is -2.44. The lowest BCUT2D eigenvalue weighted by atomic mass is 9.90. The molecule has 1 heterocycles. The van der Waals surface area contributed by atoms with E-state index in [-0.39, 0.29) is 27.4 Å². The SMILES string of the molecule is O=C1C(NS(=O)(=O)c2ccc(Cl)cc2)=C([n+]2ccc(Cc3ccccc3)cc2)C(=O)c2ccccc21. The van der Waals surface area contributed by atoms with Gasteiger partial charge in [0, 0.05) is 28.3 Å². The summed E-state index contributed by atoms with van der Waals surface area (Å²) < 4.78 is 30.1. The van der Waals surface area contributed by atoms with Crippen molar-refractivity contribution in [1.29, 1.82) is 0 Å². The Morgan fingerprint density at radius 2 is 1.25 bits per heavy atom. The Morgan fingerprint density at radius 3 is 1.89 bits per heavy atom. The Labute approximate surface area is 213 Å². The Kier molecular flexibility index (Phi) is 6.26. The van der Waals surface area contributed by atoms with Crippen molar-refractivity contribution in [3.63, 3.8) is 0 Å². The molecule has 1 N–H and O–H groups in total. The molecule has 5 rings (SSSR count). The van der Waals surface area contributed by atoms with Gasteiger partial charge in [-0.1, -0.05) is 66.2 Å². The summed E-state index contributed by atoms with van der Waals surface area (Å²) in [6.45, 7) is 0. The van der Waals surface area contributed by atoms with Crippen LogP contribution in [0.4, 0.5) is 0 Å². The maximum atomic E-state index is 13.5. The van der Waals surface area contributed by atoms with Gasteiger partial charge in [-0.2, -0.15) is 4.57 Å². The van der Waals surface area contributed by atoms with Crippen LogP contribution in [0.2, 0.25) is 5.02 Å². The van der Waals surface area contributed by atoms with E-state index < -0.39 is 21.6 Å². The normalized spacial score (nSPS) is 13.5. The van der Waals surface area contributed by atoms with Crippen LogP contribution in [0.5, 0.6) is 0 Å². The minimum absolute atomic E-state index is 0.0671. The molecule has 6 nitrogen and oxygen atoms in total. The van der Waals surface area contributed by atoms with Crippen molar-refractivity contribution in [1.82, 2.24) is 4.72 Å². The monoisotopic (exact) mass is 515 g/mol. The largest absolute Gasteiger partial charge is 0.287 e. The maximum absolute atomic E-state index is 13.5. The molecule has 0 fully saturated rings. The highest BCUT2D eigenvalue weighted by molar-refractivity contribution is 7.89. The lowest BCUT2D eigenvalue weighted by Gasteiger charge is -2.18. The molecule has 0 saturated heterocycles. The average Bonchev–Trinajstić information content (AvgIpc) is 2.89. The average molecular weight is 516 g/mol. The van der Waals surface area contributed by atoms with Crippen LogP contribution in [0, 0.1) is 0 Å². The molecular weight excluding hydrogens is 496 g/mol. The Hall–Kier alpha value is -4.07. The maximum Gasteiger partial charge on any atom is 0.287 e. The molecule has 4 aromatic rings. The van der Waals surface area contributed by atoms with Crippen molar-refractivity contribution < 1.29 is 22.6 Å². The fourth-order valence-electron chi connectivity index (χ4n) is 4.07. The van der Waals surface area contributed by atoms with Gasteiger partial charge < -0.3 is 0 Å². The third-order valence-electron chi connectivity index (χ3n) is 5.86. The topological polar surface area (TPSA) is 84.2 Å². The molecule has 1 aliphatic carbocycles. The highest BCUT2D eigenvalue weighted by Gasteiger charge is 2.40. The molecule has 0 radical (unpaired) electrons. The fraction of sp³-hybridized carbons (Fsp3) is 0.0357. The molecule has 0 atom stereocenters. The number of aromatic nitrogens is 1. The number of halogens is 1. The first kappa shape index (κ1) is 23.7. The minimum atomic E-state index is -4.18. The van der Waals surface area contributed by atoms with Gasteiger partial charge in [-0.05, 0) is 41.8 Å². The molecule has 36 heavy (non-hydrogen) atoms. The number of ketones is 2. The molecule has 1 aromatic heterocycles. The van der Waals surface area contributed by atoms with E-state index in [0.717, 1.165) is 11.1 Å². The highest BCUT2D eigenvalue weighted by atomic mass is 35.5. The zero-order valence-electron chi connectivity index (χ0n) is 18.9. The molecule has 0 saturated carbocycles. The van der Waals surface area contributed by atoms with E-state index in [1.165, 1.54) is 34.9 Å². The Bertz CT molecular complexity index is 1610. The second kappa shape index (κ2) is 9.53. The van der Waals surface area contributed by atoms with Crippen molar-refractivity contribution in [2.24, 2.45) is 0 Å². The van der Waals surface area contributed by atoms with Gasteiger partial charge in [0.15, 0.2) is 18.1 Å². The smallest absolute Gasteiger partial charge is 0.287 e. The Balaban J connectivity index is 1.58. The number of benzene rings is 3. The molecule has 0 spiro atoms. The molecule has 0 aliphatic heterocycles. The number of fused-ring (bicyclic) bond motifs is 1. The molecular formula is C28H20ClN2O4S+. The standard InChI is InChI=1S/C28H19ClN2O4S/c29-21-10-12-22(13-11-21)36(34,35)30-25-26(28(33)24-9-5-4-8-23(24)27(25)32)31-16-14-20(15-17-31)18-19-6-2-1-3-7-19/h1-17H,18H2/p+1. The van der Waals surface area contributed by atoms with Gasteiger partial charge in [0.2, 0.25) is 5.78 Å². The molecule has 8 heteroatoms. The van der Waals surface area contributed by atoms with E-state index in [1.807, 2.05) is 42.5 Å². The van der Waals surface area contributed by atoms with Crippen LogP contribution in [0.1, 0.15) is 31.8 Å². The highest BCUT2D eigenvalue weighted by Crippen LogP contribution is 2.27. The van der Waals surface area contributed by atoms with E-state index in [4.69, 9.17) is 11.6 Å². The van der Waals surface area contributed by atoms with Gasteiger partial charge in [0.25, 0.3) is 21.5 Å². The van der Waals surface area contributed by atoms with Crippen molar-refractivity contribution in [3.05, 3.63) is 136 Å². The second-order valence-corrected chi connectivity index (χ2v) is 10.4. The third-order valence-corrected chi connectivity index (χ3v) is 7.48. The van der Waals surface area contributed by atoms with Crippen LogP contribution in [0.25, 0.3) is 5.70 Å². The first-order chi connectivity index (χ1) is 17.3. The number of Topliss-reactive ketones (excluding diaryl/α,β-unsaturated/α-hetero) is 2. The molecule has 0 amide bonds. The summed E-state index contributed by atoms with van der Waals surface area (Å²) in [5.41, 5.74) is 2.10. The van der Waals surface area contributed by atoms with Gasteiger partial charge in [-0.25, -0.2) is 8.42 Å². The predicted octanol–water partition coefficient (Wildman–Crippen LogP) is 4.44.